The SMILES string of the molecule is CC(=O)NCC1CCC(COC(Cc2c(C(=N)N)ccc3occc23)c2ccccc2)CC1.Cl. The van der Waals surface area contributed by atoms with Crippen molar-refractivity contribution in [3.8, 4) is 0 Å². The van der Waals surface area contributed by atoms with Gasteiger partial charge in [-0.3, -0.25) is 10.2 Å². The molecule has 6 nitrogen and oxygen atoms in total. The van der Waals surface area contributed by atoms with Crippen molar-refractivity contribution in [3.05, 3.63) is 71.5 Å². The number of nitrogens with one attached hydrogen (secondary N) is 2. The molecule has 4 N–H and O–H groups in total. The number of benzene rings is 2. The summed E-state index contributed by atoms with van der Waals surface area (Å²) in [4.78, 5) is 11.2. The summed E-state index contributed by atoms with van der Waals surface area (Å²) in [6, 6.07) is 15.9. The molecule has 4 rings (SSSR count). The Bertz CT molecular complexity index is 1090. The maximum Gasteiger partial charge on any atom is 0.216 e. The lowest BCUT2D eigenvalue weighted by Crippen LogP contribution is -2.30. The zero-order valence-electron chi connectivity index (χ0n) is 19.6. The zero-order chi connectivity index (χ0) is 23.2. The lowest BCUT2D eigenvalue weighted by Gasteiger charge is -2.30. The molecule has 1 amide bonds. The number of rotatable bonds is 9. The van der Waals surface area contributed by atoms with Gasteiger partial charge in [-0.15, -0.1) is 12.4 Å². The summed E-state index contributed by atoms with van der Waals surface area (Å²) in [6.07, 6.45) is 6.62. The van der Waals surface area contributed by atoms with Crippen LogP contribution >= 0.6 is 12.4 Å². The summed E-state index contributed by atoms with van der Waals surface area (Å²) in [7, 11) is 0. The molecule has 34 heavy (non-hydrogen) atoms. The minimum atomic E-state index is -0.137. The number of halogens is 1. The maximum atomic E-state index is 11.2. The molecule has 0 aliphatic heterocycles. The number of carbonyl (C=O) groups is 1. The van der Waals surface area contributed by atoms with Crippen molar-refractivity contribution in [1.82, 2.24) is 5.32 Å². The largest absolute Gasteiger partial charge is 0.464 e. The third-order valence-corrected chi connectivity index (χ3v) is 6.74. The van der Waals surface area contributed by atoms with E-state index in [2.05, 4.69) is 17.4 Å². The molecule has 2 aromatic carbocycles. The van der Waals surface area contributed by atoms with Gasteiger partial charge in [-0.1, -0.05) is 30.3 Å². The molecule has 1 aromatic heterocycles. The fourth-order valence-corrected chi connectivity index (χ4v) is 4.84. The second-order valence-corrected chi connectivity index (χ2v) is 9.10. The average Bonchev–Trinajstić information content (AvgIpc) is 3.31. The van der Waals surface area contributed by atoms with Crippen LogP contribution in [0, 0.1) is 17.2 Å². The molecule has 1 unspecified atom stereocenters. The molecule has 1 atom stereocenters. The van der Waals surface area contributed by atoms with Gasteiger partial charge in [0, 0.05) is 30.8 Å². The third kappa shape index (κ3) is 6.39. The van der Waals surface area contributed by atoms with E-state index in [1.165, 1.54) is 0 Å². The van der Waals surface area contributed by atoms with Crippen LogP contribution in [0.4, 0.5) is 0 Å². The maximum absolute atomic E-state index is 11.2. The van der Waals surface area contributed by atoms with Crippen LogP contribution in [0.2, 0.25) is 0 Å². The van der Waals surface area contributed by atoms with Gasteiger partial charge in [0.05, 0.1) is 19.0 Å². The van der Waals surface area contributed by atoms with E-state index < -0.39 is 0 Å². The Kier molecular flexibility index (Phi) is 9.13. The van der Waals surface area contributed by atoms with Crippen molar-refractivity contribution in [2.24, 2.45) is 17.6 Å². The van der Waals surface area contributed by atoms with E-state index in [0.29, 0.717) is 24.9 Å². The number of ether oxygens (including phenoxy) is 1. The summed E-state index contributed by atoms with van der Waals surface area (Å²) in [5, 5.41) is 12.0. The normalized spacial score (nSPS) is 18.7. The molecule has 1 aliphatic rings. The van der Waals surface area contributed by atoms with E-state index in [9.17, 15) is 4.79 Å². The zero-order valence-corrected chi connectivity index (χ0v) is 20.4. The second kappa shape index (κ2) is 12.0. The highest BCUT2D eigenvalue weighted by Crippen LogP contribution is 2.33. The van der Waals surface area contributed by atoms with Crippen LogP contribution in [0.1, 0.15) is 55.4 Å². The van der Waals surface area contributed by atoms with Crippen LogP contribution in [-0.2, 0) is 16.0 Å². The minimum Gasteiger partial charge on any atom is -0.464 e. The van der Waals surface area contributed by atoms with Crippen LogP contribution < -0.4 is 11.1 Å². The van der Waals surface area contributed by atoms with E-state index in [1.54, 1.807) is 13.2 Å². The number of furan rings is 1. The van der Waals surface area contributed by atoms with Gasteiger partial charge in [-0.05, 0) is 66.8 Å². The number of hydrogen-bond donors (Lipinski definition) is 3. The summed E-state index contributed by atoms with van der Waals surface area (Å²) in [5.41, 5.74) is 9.55. The van der Waals surface area contributed by atoms with E-state index in [0.717, 1.165) is 59.9 Å². The standard InChI is InChI=1S/C27H33N3O3.ClH/c1-18(31)30-16-19-7-9-20(10-8-19)17-33-26(21-5-3-2-4-6-21)15-24-22-13-14-32-25(22)12-11-23(24)27(28)29;/h2-6,11-14,19-20,26H,7-10,15-17H2,1H3,(H3,28,29)(H,30,31);1H. The first-order chi connectivity index (χ1) is 16.0. The highest BCUT2D eigenvalue weighted by molar-refractivity contribution is 6.01. The van der Waals surface area contributed by atoms with Crippen molar-refractivity contribution in [3.63, 3.8) is 0 Å². The summed E-state index contributed by atoms with van der Waals surface area (Å²) >= 11 is 0. The molecule has 0 bridgehead atoms. The molecule has 1 saturated carbocycles. The second-order valence-electron chi connectivity index (χ2n) is 9.10. The van der Waals surface area contributed by atoms with Crippen LogP contribution in [0.25, 0.3) is 11.0 Å². The Morgan fingerprint density at radius 1 is 1.12 bits per heavy atom. The Balaban J connectivity index is 0.00000324. The van der Waals surface area contributed by atoms with E-state index in [4.69, 9.17) is 20.3 Å². The van der Waals surface area contributed by atoms with Crippen molar-refractivity contribution < 1.29 is 13.9 Å². The molecule has 3 aromatic rings. The number of nitrogen functional groups attached to an aromatic ring is 1. The van der Waals surface area contributed by atoms with Gasteiger partial charge in [0.2, 0.25) is 5.91 Å². The predicted octanol–water partition coefficient (Wildman–Crippen LogP) is 5.38. The predicted molar refractivity (Wildman–Crippen MR) is 137 cm³/mol. The van der Waals surface area contributed by atoms with Crippen LogP contribution in [-0.4, -0.2) is 24.9 Å². The van der Waals surface area contributed by atoms with Crippen LogP contribution in [0.15, 0.2) is 59.2 Å². The lowest BCUT2D eigenvalue weighted by atomic mass is 9.82. The first-order valence-electron chi connectivity index (χ1n) is 11.8. The smallest absolute Gasteiger partial charge is 0.216 e. The van der Waals surface area contributed by atoms with Crippen molar-refractivity contribution in [1.29, 1.82) is 5.41 Å². The Labute approximate surface area is 207 Å². The number of hydrogen-bond acceptors (Lipinski definition) is 4. The van der Waals surface area contributed by atoms with Gasteiger partial charge in [-0.2, -0.15) is 0 Å². The van der Waals surface area contributed by atoms with Gasteiger partial charge in [0.15, 0.2) is 0 Å². The van der Waals surface area contributed by atoms with Gasteiger partial charge in [-0.25, -0.2) is 0 Å². The van der Waals surface area contributed by atoms with E-state index >= 15 is 0 Å². The molecular formula is C27H34ClN3O3. The quantitative estimate of drug-likeness (QED) is 0.281. The Morgan fingerprint density at radius 3 is 2.50 bits per heavy atom. The first kappa shape index (κ1) is 25.8. The van der Waals surface area contributed by atoms with Gasteiger partial charge in [0.1, 0.15) is 11.4 Å². The summed E-state index contributed by atoms with van der Waals surface area (Å²) in [5.74, 6) is 1.18. The minimum absolute atomic E-state index is 0. The number of amidine groups is 1. The topological polar surface area (TPSA) is 101 Å². The van der Waals surface area contributed by atoms with Crippen LogP contribution in [0.5, 0.6) is 0 Å². The fraction of sp³-hybridized carbons (Fsp3) is 0.407. The van der Waals surface area contributed by atoms with Gasteiger partial charge < -0.3 is 20.2 Å². The number of carbonyl (C=O) groups excluding carboxylic acids is 1. The van der Waals surface area contributed by atoms with E-state index in [-0.39, 0.29) is 30.3 Å². The van der Waals surface area contributed by atoms with Crippen molar-refractivity contribution in [2.75, 3.05) is 13.2 Å². The molecule has 182 valence electrons. The summed E-state index contributed by atoms with van der Waals surface area (Å²) < 4.78 is 12.2. The number of amides is 1. The monoisotopic (exact) mass is 483 g/mol. The molecule has 1 fully saturated rings. The lowest BCUT2D eigenvalue weighted by molar-refractivity contribution is -0.119. The van der Waals surface area contributed by atoms with Crippen molar-refractivity contribution in [2.45, 2.75) is 45.1 Å². The van der Waals surface area contributed by atoms with Crippen molar-refractivity contribution >= 4 is 35.1 Å². The number of fused-ring (bicyclic) bond motifs is 1. The average molecular weight is 484 g/mol. The van der Waals surface area contributed by atoms with Gasteiger partial charge in [0.25, 0.3) is 0 Å². The molecule has 0 radical (unpaired) electrons. The Morgan fingerprint density at radius 2 is 1.82 bits per heavy atom. The number of nitrogens with two attached hydrogens (primary N) is 1. The molecule has 0 spiro atoms. The fourth-order valence-electron chi connectivity index (χ4n) is 4.84. The van der Waals surface area contributed by atoms with Crippen LogP contribution in [0.3, 0.4) is 0 Å². The first-order valence-corrected chi connectivity index (χ1v) is 11.8. The molecule has 1 aliphatic carbocycles. The molecule has 1 heterocycles. The highest BCUT2D eigenvalue weighted by atomic mass is 35.5. The highest BCUT2D eigenvalue weighted by Gasteiger charge is 2.24. The summed E-state index contributed by atoms with van der Waals surface area (Å²) in [6.45, 7) is 3.05. The molecule has 0 saturated heterocycles. The van der Waals surface area contributed by atoms with E-state index in [1.807, 2.05) is 36.4 Å². The van der Waals surface area contributed by atoms with Gasteiger partial charge >= 0.3 is 0 Å². The Hall–Kier alpha value is -2.83. The molecule has 7 heteroatoms. The third-order valence-electron chi connectivity index (χ3n) is 6.74. The molecular weight excluding hydrogens is 450 g/mol.